The van der Waals surface area contributed by atoms with Crippen molar-refractivity contribution in [3.63, 3.8) is 0 Å². The van der Waals surface area contributed by atoms with E-state index in [1.807, 2.05) is 18.2 Å². The second-order valence-electron chi connectivity index (χ2n) is 3.44. The highest BCUT2D eigenvalue weighted by Gasteiger charge is 2.02. The summed E-state index contributed by atoms with van der Waals surface area (Å²) in [5.74, 6) is 1.32. The Kier molecular flexibility index (Phi) is 5.96. The van der Waals surface area contributed by atoms with Gasteiger partial charge in [0.15, 0.2) is 0 Å². The molecule has 3 nitrogen and oxygen atoms in total. The molecule has 16 heavy (non-hydrogen) atoms. The van der Waals surface area contributed by atoms with Crippen LogP contribution in [-0.2, 0) is 11.2 Å². The van der Waals surface area contributed by atoms with E-state index in [0.29, 0.717) is 12.3 Å². The summed E-state index contributed by atoms with van der Waals surface area (Å²) in [7, 11) is 0. The maximum Gasteiger partial charge on any atom is 0.234 e. The summed E-state index contributed by atoms with van der Waals surface area (Å²) >= 11 is 1.55. The summed E-state index contributed by atoms with van der Waals surface area (Å²) in [6.07, 6.45) is 0.978. The molecular weight excluding hydrogens is 220 g/mol. The van der Waals surface area contributed by atoms with Gasteiger partial charge < -0.3 is 11.1 Å². The Labute approximate surface area is 101 Å². The maximum atomic E-state index is 11.5. The zero-order chi connectivity index (χ0) is 11.8. The normalized spacial score (nSPS) is 10.1. The van der Waals surface area contributed by atoms with Crippen LogP contribution in [0.3, 0.4) is 0 Å². The first-order chi connectivity index (χ1) is 7.76. The topological polar surface area (TPSA) is 55.1 Å². The van der Waals surface area contributed by atoms with Crippen molar-refractivity contribution < 1.29 is 4.79 Å². The predicted octanol–water partition coefficient (Wildman–Crippen LogP) is 1.88. The van der Waals surface area contributed by atoms with Gasteiger partial charge in [-0.05, 0) is 24.1 Å². The number of hydrogen-bond donors (Lipinski definition) is 2. The third-order valence-electron chi connectivity index (χ3n) is 2.11. The van der Waals surface area contributed by atoms with Crippen LogP contribution in [0.2, 0.25) is 0 Å². The Morgan fingerprint density at radius 2 is 2.31 bits per heavy atom. The van der Waals surface area contributed by atoms with Crippen LogP contribution in [0.4, 0.5) is 5.69 Å². The van der Waals surface area contributed by atoms with Crippen molar-refractivity contribution in [1.29, 1.82) is 0 Å². The molecule has 0 spiro atoms. The standard InChI is InChI=1S/C12H18N2OS/c1-2-10-4-3-5-11(8-10)14-12(15)9-16-7-6-13/h3-5,8H,2,6-7,9,13H2,1H3,(H,14,15). The lowest BCUT2D eigenvalue weighted by Gasteiger charge is -2.06. The zero-order valence-corrected chi connectivity index (χ0v) is 10.3. The molecule has 88 valence electrons. The van der Waals surface area contributed by atoms with E-state index >= 15 is 0 Å². The molecule has 0 atom stereocenters. The molecule has 3 N–H and O–H groups in total. The molecule has 0 aliphatic heterocycles. The monoisotopic (exact) mass is 238 g/mol. The van der Waals surface area contributed by atoms with Crippen LogP contribution in [0.15, 0.2) is 24.3 Å². The molecule has 0 aliphatic rings. The van der Waals surface area contributed by atoms with Crippen LogP contribution in [0, 0.1) is 0 Å². The largest absolute Gasteiger partial charge is 0.330 e. The molecule has 0 aliphatic carbocycles. The predicted molar refractivity (Wildman–Crippen MR) is 70.8 cm³/mol. The minimum atomic E-state index is 0.0340. The third-order valence-corrected chi connectivity index (χ3v) is 3.11. The van der Waals surface area contributed by atoms with Gasteiger partial charge in [0.1, 0.15) is 0 Å². The second-order valence-corrected chi connectivity index (χ2v) is 4.55. The van der Waals surface area contributed by atoms with Crippen LogP contribution in [-0.4, -0.2) is 24.0 Å². The number of hydrogen-bond acceptors (Lipinski definition) is 3. The van der Waals surface area contributed by atoms with Crippen LogP contribution in [0.5, 0.6) is 0 Å². The number of rotatable bonds is 6. The Morgan fingerprint density at radius 3 is 3.00 bits per heavy atom. The highest BCUT2D eigenvalue weighted by Crippen LogP contribution is 2.11. The summed E-state index contributed by atoms with van der Waals surface area (Å²) in [4.78, 5) is 11.5. The van der Waals surface area contributed by atoms with Crippen LogP contribution in [0.25, 0.3) is 0 Å². The molecule has 0 aromatic heterocycles. The van der Waals surface area contributed by atoms with Crippen molar-refractivity contribution in [2.45, 2.75) is 13.3 Å². The van der Waals surface area contributed by atoms with Crippen molar-refractivity contribution in [2.75, 3.05) is 23.4 Å². The Morgan fingerprint density at radius 1 is 1.50 bits per heavy atom. The minimum absolute atomic E-state index is 0.0340. The lowest BCUT2D eigenvalue weighted by molar-refractivity contribution is -0.113. The highest BCUT2D eigenvalue weighted by atomic mass is 32.2. The molecule has 0 saturated heterocycles. The van der Waals surface area contributed by atoms with Gasteiger partial charge in [-0.3, -0.25) is 4.79 Å². The molecule has 0 saturated carbocycles. The number of nitrogens with one attached hydrogen (secondary N) is 1. The molecule has 1 aromatic rings. The van der Waals surface area contributed by atoms with E-state index in [2.05, 4.69) is 18.3 Å². The van der Waals surface area contributed by atoms with Crippen LogP contribution < -0.4 is 11.1 Å². The van der Waals surface area contributed by atoms with Crippen molar-refractivity contribution in [1.82, 2.24) is 0 Å². The number of benzene rings is 1. The highest BCUT2D eigenvalue weighted by molar-refractivity contribution is 7.99. The van der Waals surface area contributed by atoms with Crippen molar-refractivity contribution >= 4 is 23.4 Å². The first kappa shape index (κ1) is 13.1. The van der Waals surface area contributed by atoms with Gasteiger partial charge in [-0.15, -0.1) is 0 Å². The summed E-state index contributed by atoms with van der Waals surface area (Å²) in [5, 5.41) is 2.87. The fourth-order valence-corrected chi connectivity index (χ4v) is 1.88. The van der Waals surface area contributed by atoms with Gasteiger partial charge in [0.05, 0.1) is 5.75 Å². The van der Waals surface area contributed by atoms with Crippen molar-refractivity contribution in [2.24, 2.45) is 5.73 Å². The fourth-order valence-electron chi connectivity index (χ4n) is 1.31. The van der Waals surface area contributed by atoms with Gasteiger partial charge in [-0.25, -0.2) is 0 Å². The number of amides is 1. The average Bonchev–Trinajstić information content (AvgIpc) is 2.29. The minimum Gasteiger partial charge on any atom is -0.330 e. The molecule has 0 radical (unpaired) electrons. The van der Waals surface area contributed by atoms with E-state index in [0.717, 1.165) is 17.9 Å². The Hall–Kier alpha value is -1.00. The quantitative estimate of drug-likeness (QED) is 0.744. The maximum absolute atomic E-state index is 11.5. The summed E-state index contributed by atoms with van der Waals surface area (Å²) in [5.41, 5.74) is 7.45. The smallest absolute Gasteiger partial charge is 0.234 e. The van der Waals surface area contributed by atoms with E-state index < -0.39 is 0 Å². The molecule has 4 heteroatoms. The number of aryl methyl sites for hydroxylation is 1. The van der Waals surface area contributed by atoms with Gasteiger partial charge >= 0.3 is 0 Å². The van der Waals surface area contributed by atoms with E-state index in [-0.39, 0.29) is 5.91 Å². The second kappa shape index (κ2) is 7.30. The van der Waals surface area contributed by atoms with Crippen LogP contribution in [0.1, 0.15) is 12.5 Å². The Balaban J connectivity index is 2.43. The summed E-state index contributed by atoms with van der Waals surface area (Å²) < 4.78 is 0. The van der Waals surface area contributed by atoms with Gasteiger partial charge in [0.25, 0.3) is 0 Å². The lowest BCUT2D eigenvalue weighted by atomic mass is 10.1. The van der Waals surface area contributed by atoms with Gasteiger partial charge in [-0.1, -0.05) is 19.1 Å². The van der Waals surface area contributed by atoms with E-state index in [1.54, 1.807) is 11.8 Å². The molecule has 0 unspecified atom stereocenters. The molecule has 1 amide bonds. The number of thioether (sulfide) groups is 1. The lowest BCUT2D eigenvalue weighted by Crippen LogP contribution is -2.15. The van der Waals surface area contributed by atoms with Gasteiger partial charge in [-0.2, -0.15) is 11.8 Å². The molecule has 1 rings (SSSR count). The van der Waals surface area contributed by atoms with E-state index in [1.165, 1.54) is 5.56 Å². The number of carbonyl (C=O) groups is 1. The number of nitrogens with two attached hydrogens (primary N) is 1. The average molecular weight is 238 g/mol. The van der Waals surface area contributed by atoms with E-state index in [9.17, 15) is 4.79 Å². The van der Waals surface area contributed by atoms with Gasteiger partial charge in [0.2, 0.25) is 5.91 Å². The molecule has 0 heterocycles. The fraction of sp³-hybridized carbons (Fsp3) is 0.417. The first-order valence-electron chi connectivity index (χ1n) is 5.43. The third kappa shape index (κ3) is 4.68. The molecule has 0 bridgehead atoms. The first-order valence-corrected chi connectivity index (χ1v) is 6.58. The summed E-state index contributed by atoms with van der Waals surface area (Å²) in [6.45, 7) is 2.71. The van der Waals surface area contributed by atoms with Crippen molar-refractivity contribution in [3.8, 4) is 0 Å². The number of anilines is 1. The van der Waals surface area contributed by atoms with Crippen LogP contribution >= 0.6 is 11.8 Å². The van der Waals surface area contributed by atoms with Gasteiger partial charge in [0, 0.05) is 18.0 Å². The SMILES string of the molecule is CCc1cccc(NC(=O)CSCCN)c1. The number of carbonyl (C=O) groups excluding carboxylic acids is 1. The van der Waals surface area contributed by atoms with Crippen molar-refractivity contribution in [3.05, 3.63) is 29.8 Å². The molecule has 1 aromatic carbocycles. The summed E-state index contributed by atoms with van der Waals surface area (Å²) in [6, 6.07) is 7.93. The molecule has 0 fully saturated rings. The molecular formula is C12H18N2OS. The zero-order valence-electron chi connectivity index (χ0n) is 9.53. The van der Waals surface area contributed by atoms with E-state index in [4.69, 9.17) is 5.73 Å². The Bertz CT molecular complexity index is 342.